The third kappa shape index (κ3) is 4.09. The molecule has 3 rings (SSSR count). The van der Waals surface area contributed by atoms with E-state index in [0.29, 0.717) is 17.1 Å². The number of halogens is 1. The van der Waals surface area contributed by atoms with E-state index in [9.17, 15) is 14.4 Å². The number of hydrogen-bond acceptors (Lipinski definition) is 4. The number of hydrogen-bond donors (Lipinski definition) is 1. The molecule has 26 heavy (non-hydrogen) atoms. The van der Waals surface area contributed by atoms with E-state index in [4.69, 9.17) is 11.6 Å². The first-order valence-corrected chi connectivity index (χ1v) is 9.23. The number of imide groups is 1. The maximum atomic E-state index is 12.3. The molecule has 2 aliphatic heterocycles. The van der Waals surface area contributed by atoms with Gasteiger partial charge < -0.3 is 15.1 Å². The van der Waals surface area contributed by atoms with Gasteiger partial charge in [0.05, 0.1) is 11.4 Å². The van der Waals surface area contributed by atoms with Crippen molar-refractivity contribution in [2.45, 2.75) is 25.7 Å². The fourth-order valence-electron chi connectivity index (χ4n) is 3.34. The van der Waals surface area contributed by atoms with Crippen molar-refractivity contribution in [3.8, 4) is 0 Å². The van der Waals surface area contributed by atoms with E-state index in [1.54, 1.807) is 13.1 Å². The molecule has 0 aromatic heterocycles. The molecule has 8 heteroatoms. The average Bonchev–Trinajstić information content (AvgIpc) is 3.19. The molecule has 2 aliphatic rings. The van der Waals surface area contributed by atoms with Gasteiger partial charge in [0.15, 0.2) is 0 Å². The minimum Gasteiger partial charge on any atom is -0.370 e. The number of benzene rings is 1. The molecule has 2 saturated heterocycles. The second kappa shape index (κ2) is 7.95. The molecule has 0 atom stereocenters. The summed E-state index contributed by atoms with van der Waals surface area (Å²) in [4.78, 5) is 40.7. The first-order valence-electron chi connectivity index (χ1n) is 8.85. The first kappa shape index (κ1) is 18.5. The standard InChI is InChI=1S/C18H23ClN4O3/c1-21-12-17(25)23(18(21)26)10-4-5-16(24)20-14-11-13(19)6-7-15(14)22-8-2-3-9-22/h6-7,11H,2-5,8-10,12H2,1H3,(H,20,24). The van der Waals surface area contributed by atoms with E-state index in [1.165, 1.54) is 9.80 Å². The number of nitrogens with zero attached hydrogens (tertiary/aromatic N) is 3. The van der Waals surface area contributed by atoms with Crippen LogP contribution < -0.4 is 10.2 Å². The first-order chi connectivity index (χ1) is 12.5. The lowest BCUT2D eigenvalue weighted by molar-refractivity contribution is -0.125. The van der Waals surface area contributed by atoms with Crippen molar-refractivity contribution in [3.63, 3.8) is 0 Å². The fourth-order valence-corrected chi connectivity index (χ4v) is 3.51. The normalized spacial score (nSPS) is 17.4. The van der Waals surface area contributed by atoms with Crippen LogP contribution in [-0.2, 0) is 9.59 Å². The zero-order valence-corrected chi connectivity index (χ0v) is 15.6. The highest BCUT2D eigenvalue weighted by atomic mass is 35.5. The molecule has 7 nitrogen and oxygen atoms in total. The molecule has 0 saturated carbocycles. The SMILES string of the molecule is CN1CC(=O)N(CCCC(=O)Nc2cc(Cl)ccc2N2CCCC2)C1=O. The van der Waals surface area contributed by atoms with Gasteiger partial charge in [-0.15, -0.1) is 0 Å². The summed E-state index contributed by atoms with van der Waals surface area (Å²) >= 11 is 6.09. The van der Waals surface area contributed by atoms with Crippen LogP contribution in [0.1, 0.15) is 25.7 Å². The van der Waals surface area contributed by atoms with Gasteiger partial charge in [0.2, 0.25) is 11.8 Å². The molecule has 1 aromatic carbocycles. The fraction of sp³-hybridized carbons (Fsp3) is 0.500. The van der Waals surface area contributed by atoms with E-state index in [-0.39, 0.29) is 37.4 Å². The zero-order valence-electron chi connectivity index (χ0n) is 14.8. The predicted octanol–water partition coefficient (Wildman–Crippen LogP) is 2.55. The van der Waals surface area contributed by atoms with Crippen LogP contribution in [0.4, 0.5) is 16.2 Å². The van der Waals surface area contributed by atoms with E-state index in [0.717, 1.165) is 31.6 Å². The molecule has 0 bridgehead atoms. The molecule has 1 aromatic rings. The van der Waals surface area contributed by atoms with Gasteiger partial charge in [-0.1, -0.05) is 11.6 Å². The van der Waals surface area contributed by atoms with Gasteiger partial charge in [-0.05, 0) is 37.5 Å². The number of nitrogens with one attached hydrogen (secondary N) is 1. The van der Waals surface area contributed by atoms with Crippen molar-refractivity contribution in [2.75, 3.05) is 43.4 Å². The highest BCUT2D eigenvalue weighted by Gasteiger charge is 2.32. The Morgan fingerprint density at radius 1 is 1.23 bits per heavy atom. The lowest BCUT2D eigenvalue weighted by atomic mass is 10.2. The second-order valence-electron chi connectivity index (χ2n) is 6.69. The van der Waals surface area contributed by atoms with Crippen molar-refractivity contribution in [1.82, 2.24) is 9.80 Å². The Balaban J connectivity index is 1.56. The van der Waals surface area contributed by atoms with Crippen LogP contribution in [0.2, 0.25) is 5.02 Å². The molecule has 1 N–H and O–H groups in total. The van der Waals surface area contributed by atoms with Gasteiger partial charge in [-0.3, -0.25) is 14.5 Å². The van der Waals surface area contributed by atoms with E-state index in [2.05, 4.69) is 10.2 Å². The molecule has 0 radical (unpaired) electrons. The summed E-state index contributed by atoms with van der Waals surface area (Å²) in [6, 6.07) is 5.21. The summed E-state index contributed by atoms with van der Waals surface area (Å²) < 4.78 is 0. The van der Waals surface area contributed by atoms with Crippen LogP contribution in [0.25, 0.3) is 0 Å². The van der Waals surface area contributed by atoms with Gasteiger partial charge in [0.25, 0.3) is 0 Å². The quantitative estimate of drug-likeness (QED) is 0.772. The molecule has 0 aliphatic carbocycles. The summed E-state index contributed by atoms with van der Waals surface area (Å²) in [6.45, 7) is 2.30. The predicted molar refractivity (Wildman–Crippen MR) is 101 cm³/mol. The van der Waals surface area contributed by atoms with Crippen molar-refractivity contribution in [3.05, 3.63) is 23.2 Å². The highest BCUT2D eigenvalue weighted by molar-refractivity contribution is 6.31. The molecular formula is C18H23ClN4O3. The van der Waals surface area contributed by atoms with Crippen molar-refractivity contribution in [1.29, 1.82) is 0 Å². The number of anilines is 2. The maximum absolute atomic E-state index is 12.3. The Labute approximate surface area is 157 Å². The van der Waals surface area contributed by atoms with Crippen molar-refractivity contribution in [2.24, 2.45) is 0 Å². The van der Waals surface area contributed by atoms with Gasteiger partial charge in [-0.25, -0.2) is 4.79 Å². The van der Waals surface area contributed by atoms with Gasteiger partial charge >= 0.3 is 6.03 Å². The van der Waals surface area contributed by atoms with E-state index < -0.39 is 0 Å². The Kier molecular flexibility index (Phi) is 5.66. The average molecular weight is 379 g/mol. The Morgan fingerprint density at radius 3 is 2.62 bits per heavy atom. The van der Waals surface area contributed by atoms with Crippen molar-refractivity contribution < 1.29 is 14.4 Å². The van der Waals surface area contributed by atoms with Gasteiger partial charge in [0.1, 0.15) is 6.54 Å². The lowest BCUT2D eigenvalue weighted by Crippen LogP contribution is -2.33. The number of carbonyl (C=O) groups is 3. The summed E-state index contributed by atoms with van der Waals surface area (Å²) in [5.41, 5.74) is 1.68. The summed E-state index contributed by atoms with van der Waals surface area (Å²) in [7, 11) is 1.59. The van der Waals surface area contributed by atoms with E-state index in [1.807, 2.05) is 12.1 Å². The summed E-state index contributed by atoms with van der Waals surface area (Å²) in [5.74, 6) is -0.371. The topological polar surface area (TPSA) is 73.0 Å². The zero-order chi connectivity index (χ0) is 18.7. The maximum Gasteiger partial charge on any atom is 0.326 e. The number of likely N-dealkylation sites (N-methyl/N-ethyl adjacent to an activating group) is 1. The summed E-state index contributed by atoms with van der Waals surface area (Å²) in [6.07, 6.45) is 2.94. The van der Waals surface area contributed by atoms with Gasteiger partial charge in [0, 0.05) is 38.1 Å². The molecule has 0 unspecified atom stereocenters. The highest BCUT2D eigenvalue weighted by Crippen LogP contribution is 2.31. The number of rotatable bonds is 6. The number of urea groups is 1. The Morgan fingerprint density at radius 2 is 1.96 bits per heavy atom. The lowest BCUT2D eigenvalue weighted by Gasteiger charge is -2.22. The second-order valence-corrected chi connectivity index (χ2v) is 7.13. The van der Waals surface area contributed by atoms with Gasteiger partial charge in [-0.2, -0.15) is 0 Å². The van der Waals surface area contributed by atoms with Crippen LogP contribution in [-0.4, -0.2) is 60.9 Å². The monoisotopic (exact) mass is 378 g/mol. The Bertz CT molecular complexity index is 718. The summed E-state index contributed by atoms with van der Waals surface area (Å²) in [5, 5.41) is 3.49. The van der Waals surface area contributed by atoms with Crippen LogP contribution >= 0.6 is 11.6 Å². The Hall–Kier alpha value is -2.28. The minimum atomic E-state index is -0.304. The third-order valence-electron chi connectivity index (χ3n) is 4.70. The molecular weight excluding hydrogens is 356 g/mol. The van der Waals surface area contributed by atoms with Crippen molar-refractivity contribution >= 4 is 40.8 Å². The van der Waals surface area contributed by atoms with Crippen LogP contribution in [0.5, 0.6) is 0 Å². The molecule has 2 fully saturated rings. The van der Waals surface area contributed by atoms with Crippen LogP contribution in [0.15, 0.2) is 18.2 Å². The third-order valence-corrected chi connectivity index (χ3v) is 4.93. The minimum absolute atomic E-state index is 0.104. The largest absolute Gasteiger partial charge is 0.370 e. The molecule has 140 valence electrons. The molecule has 0 spiro atoms. The van der Waals surface area contributed by atoms with Crippen LogP contribution in [0.3, 0.4) is 0 Å². The molecule has 2 heterocycles. The number of amides is 4. The van der Waals surface area contributed by atoms with Crippen LogP contribution in [0, 0.1) is 0 Å². The molecule has 4 amide bonds. The number of carbonyl (C=O) groups excluding carboxylic acids is 3. The smallest absolute Gasteiger partial charge is 0.326 e. The van der Waals surface area contributed by atoms with E-state index >= 15 is 0 Å².